The van der Waals surface area contributed by atoms with Crippen LogP contribution in [-0.2, 0) is 17.8 Å². The van der Waals surface area contributed by atoms with Crippen LogP contribution in [0.25, 0.3) is 11.5 Å². The lowest BCUT2D eigenvalue weighted by Gasteiger charge is -2.22. The molecule has 0 aliphatic carbocycles. The van der Waals surface area contributed by atoms with Crippen molar-refractivity contribution in [1.82, 2.24) is 9.88 Å². The standard InChI is InChI=1S/C20H23N3O2S.2ClH/c1-15-18(22-20(25-15)17-8-11-26-14-17)12-19(24)23(10-5-9-21)13-16-6-3-2-4-7-16;;/h2-4,6-8,11,14H,5,9-10,12-13,21H2,1H3;2*1H. The van der Waals surface area contributed by atoms with Crippen molar-refractivity contribution in [3.05, 3.63) is 64.2 Å². The summed E-state index contributed by atoms with van der Waals surface area (Å²) >= 11 is 1.59. The molecule has 0 bridgehead atoms. The summed E-state index contributed by atoms with van der Waals surface area (Å²) in [6, 6.07) is 12.0. The lowest BCUT2D eigenvalue weighted by Crippen LogP contribution is -2.33. The number of benzene rings is 1. The Balaban J connectivity index is 0.00000196. The molecule has 0 saturated heterocycles. The molecule has 0 aliphatic heterocycles. The molecule has 0 spiro atoms. The van der Waals surface area contributed by atoms with Crippen LogP contribution < -0.4 is 5.73 Å². The number of aryl methyl sites for hydroxylation is 1. The van der Waals surface area contributed by atoms with Gasteiger partial charge in [-0.3, -0.25) is 4.79 Å². The number of aromatic nitrogens is 1. The quantitative estimate of drug-likeness (QED) is 0.559. The fourth-order valence-corrected chi connectivity index (χ4v) is 3.36. The Hall–Kier alpha value is -1.86. The zero-order valence-electron chi connectivity index (χ0n) is 15.7. The van der Waals surface area contributed by atoms with Crippen LogP contribution in [0.2, 0.25) is 0 Å². The highest BCUT2D eigenvalue weighted by atomic mass is 35.5. The number of nitrogens with two attached hydrogens (primary N) is 1. The van der Waals surface area contributed by atoms with E-state index in [0.29, 0.717) is 37.0 Å². The van der Waals surface area contributed by atoms with Crippen molar-refractivity contribution >= 4 is 42.1 Å². The number of hydrogen-bond acceptors (Lipinski definition) is 5. The zero-order chi connectivity index (χ0) is 18.4. The molecular weight excluding hydrogens is 417 g/mol. The topological polar surface area (TPSA) is 72.4 Å². The first-order valence-electron chi connectivity index (χ1n) is 8.68. The molecular formula is C20H25Cl2N3O2S. The van der Waals surface area contributed by atoms with Crippen molar-refractivity contribution in [2.75, 3.05) is 13.1 Å². The first kappa shape index (κ1) is 24.2. The number of amides is 1. The molecule has 0 radical (unpaired) electrons. The number of nitrogens with zero attached hydrogens (tertiary/aromatic N) is 2. The number of thiophene rings is 1. The van der Waals surface area contributed by atoms with Crippen molar-refractivity contribution in [2.45, 2.75) is 26.3 Å². The monoisotopic (exact) mass is 441 g/mol. The predicted molar refractivity (Wildman–Crippen MR) is 118 cm³/mol. The molecule has 28 heavy (non-hydrogen) atoms. The van der Waals surface area contributed by atoms with E-state index < -0.39 is 0 Å². The van der Waals surface area contributed by atoms with Crippen LogP contribution >= 0.6 is 36.2 Å². The molecule has 5 nitrogen and oxygen atoms in total. The van der Waals surface area contributed by atoms with Gasteiger partial charge in [-0.15, -0.1) is 24.8 Å². The van der Waals surface area contributed by atoms with E-state index in [4.69, 9.17) is 10.2 Å². The SMILES string of the molecule is Cc1oc(-c2ccsc2)nc1CC(=O)N(CCCN)Cc1ccccc1.Cl.Cl. The van der Waals surface area contributed by atoms with E-state index in [-0.39, 0.29) is 37.1 Å². The Morgan fingerprint density at radius 1 is 1.21 bits per heavy atom. The van der Waals surface area contributed by atoms with Gasteiger partial charge in [0, 0.05) is 24.0 Å². The number of carbonyl (C=O) groups is 1. The van der Waals surface area contributed by atoms with Crippen molar-refractivity contribution in [3.8, 4) is 11.5 Å². The molecule has 2 aromatic heterocycles. The summed E-state index contributed by atoms with van der Waals surface area (Å²) in [6.45, 7) is 3.63. The van der Waals surface area contributed by atoms with Crippen LogP contribution in [0.3, 0.4) is 0 Å². The summed E-state index contributed by atoms with van der Waals surface area (Å²) in [6.07, 6.45) is 1.01. The van der Waals surface area contributed by atoms with E-state index in [0.717, 1.165) is 17.5 Å². The summed E-state index contributed by atoms with van der Waals surface area (Å²) in [5.41, 5.74) is 8.39. The smallest absolute Gasteiger partial charge is 0.229 e. The summed E-state index contributed by atoms with van der Waals surface area (Å²) in [5.74, 6) is 1.30. The van der Waals surface area contributed by atoms with E-state index in [2.05, 4.69) is 4.98 Å². The van der Waals surface area contributed by atoms with Crippen molar-refractivity contribution < 1.29 is 9.21 Å². The van der Waals surface area contributed by atoms with Gasteiger partial charge in [-0.05, 0) is 36.9 Å². The van der Waals surface area contributed by atoms with Crippen molar-refractivity contribution in [3.63, 3.8) is 0 Å². The van der Waals surface area contributed by atoms with Crippen LogP contribution in [-0.4, -0.2) is 28.9 Å². The van der Waals surface area contributed by atoms with Crippen LogP contribution in [0.5, 0.6) is 0 Å². The maximum absolute atomic E-state index is 12.9. The van der Waals surface area contributed by atoms with Gasteiger partial charge in [0.05, 0.1) is 12.1 Å². The van der Waals surface area contributed by atoms with Gasteiger partial charge in [0.25, 0.3) is 0 Å². The van der Waals surface area contributed by atoms with Crippen molar-refractivity contribution in [1.29, 1.82) is 0 Å². The largest absolute Gasteiger partial charge is 0.441 e. The van der Waals surface area contributed by atoms with E-state index in [9.17, 15) is 4.79 Å². The third-order valence-electron chi connectivity index (χ3n) is 4.18. The van der Waals surface area contributed by atoms with Crippen molar-refractivity contribution in [2.24, 2.45) is 5.73 Å². The van der Waals surface area contributed by atoms with Gasteiger partial charge in [-0.1, -0.05) is 30.3 Å². The molecule has 0 fully saturated rings. The normalized spacial score (nSPS) is 10.1. The van der Waals surface area contributed by atoms with Gasteiger partial charge < -0.3 is 15.1 Å². The predicted octanol–water partition coefficient (Wildman–Crippen LogP) is 4.48. The molecule has 0 aliphatic rings. The number of halogens is 2. The van der Waals surface area contributed by atoms with Crippen LogP contribution in [0, 0.1) is 6.92 Å². The second-order valence-electron chi connectivity index (χ2n) is 6.15. The molecule has 3 rings (SSSR count). The molecule has 3 aromatic rings. The van der Waals surface area contributed by atoms with Gasteiger partial charge in [-0.25, -0.2) is 4.98 Å². The summed E-state index contributed by atoms with van der Waals surface area (Å²) in [7, 11) is 0. The third-order valence-corrected chi connectivity index (χ3v) is 4.86. The van der Waals surface area contributed by atoms with E-state index in [1.54, 1.807) is 11.3 Å². The van der Waals surface area contributed by atoms with Gasteiger partial charge in [0.15, 0.2) is 0 Å². The van der Waals surface area contributed by atoms with Gasteiger partial charge in [-0.2, -0.15) is 11.3 Å². The maximum atomic E-state index is 12.9. The molecule has 2 heterocycles. The Morgan fingerprint density at radius 2 is 1.96 bits per heavy atom. The maximum Gasteiger partial charge on any atom is 0.229 e. The minimum absolute atomic E-state index is 0. The summed E-state index contributed by atoms with van der Waals surface area (Å²) < 4.78 is 5.74. The highest BCUT2D eigenvalue weighted by Crippen LogP contribution is 2.24. The minimum Gasteiger partial charge on any atom is -0.441 e. The number of hydrogen-bond donors (Lipinski definition) is 1. The second kappa shape index (κ2) is 11.9. The molecule has 0 saturated carbocycles. The number of carbonyl (C=O) groups excluding carboxylic acids is 1. The van der Waals surface area contributed by atoms with Gasteiger partial charge in [0.1, 0.15) is 5.76 Å². The van der Waals surface area contributed by atoms with E-state index in [1.807, 2.05) is 59.0 Å². The Morgan fingerprint density at radius 3 is 2.61 bits per heavy atom. The van der Waals surface area contributed by atoms with E-state index in [1.165, 1.54) is 0 Å². The third kappa shape index (κ3) is 6.34. The molecule has 0 unspecified atom stereocenters. The zero-order valence-corrected chi connectivity index (χ0v) is 18.1. The highest BCUT2D eigenvalue weighted by Gasteiger charge is 2.19. The molecule has 1 amide bonds. The fraction of sp³-hybridized carbons (Fsp3) is 0.300. The first-order chi connectivity index (χ1) is 12.7. The average Bonchev–Trinajstić information content (AvgIpc) is 3.30. The van der Waals surface area contributed by atoms with Crippen LogP contribution in [0.4, 0.5) is 0 Å². The minimum atomic E-state index is 0. The highest BCUT2D eigenvalue weighted by molar-refractivity contribution is 7.08. The van der Waals surface area contributed by atoms with Gasteiger partial charge in [0.2, 0.25) is 11.8 Å². The first-order valence-corrected chi connectivity index (χ1v) is 9.62. The number of oxazole rings is 1. The second-order valence-corrected chi connectivity index (χ2v) is 6.93. The molecule has 8 heteroatoms. The van der Waals surface area contributed by atoms with Crippen LogP contribution in [0.1, 0.15) is 23.4 Å². The molecule has 1 aromatic carbocycles. The van der Waals surface area contributed by atoms with E-state index >= 15 is 0 Å². The van der Waals surface area contributed by atoms with Crippen LogP contribution in [0.15, 0.2) is 51.6 Å². The van der Waals surface area contributed by atoms with Gasteiger partial charge >= 0.3 is 0 Å². The summed E-state index contributed by atoms with van der Waals surface area (Å²) in [5, 5.41) is 3.97. The Bertz CT molecular complexity index is 839. The Labute approximate surface area is 181 Å². The Kier molecular flexibility index (Phi) is 10.2. The lowest BCUT2D eigenvalue weighted by atomic mass is 10.2. The molecule has 0 atom stereocenters. The average molecular weight is 442 g/mol. The number of rotatable bonds is 8. The lowest BCUT2D eigenvalue weighted by molar-refractivity contribution is -0.131. The molecule has 2 N–H and O–H groups in total. The fourth-order valence-electron chi connectivity index (χ4n) is 2.73. The molecule has 152 valence electrons. The summed E-state index contributed by atoms with van der Waals surface area (Å²) in [4.78, 5) is 19.3.